The van der Waals surface area contributed by atoms with Crippen LogP contribution in [0.5, 0.6) is 0 Å². The van der Waals surface area contributed by atoms with Gasteiger partial charge in [-0.25, -0.2) is 5.43 Å². The van der Waals surface area contributed by atoms with E-state index in [2.05, 4.69) is 21.2 Å². The van der Waals surface area contributed by atoms with Crippen LogP contribution in [0.2, 0.25) is 0 Å². The van der Waals surface area contributed by atoms with Gasteiger partial charge in [0.15, 0.2) is 0 Å². The standard InChI is InChI=1S/C18H20N4O2/c1-13(15-7-6-10-17(11-15)20-14(2)23)21-22-18(24)12-19-16-8-4-3-5-9-16/h3-11,19H,12H2,1-2H3,(H,20,23)(H,22,24)/b21-13-. The largest absolute Gasteiger partial charge is 0.376 e. The van der Waals surface area contributed by atoms with Crippen LogP contribution in [0.3, 0.4) is 0 Å². The zero-order chi connectivity index (χ0) is 17.4. The summed E-state index contributed by atoms with van der Waals surface area (Å²) in [5, 5.41) is 9.81. The minimum absolute atomic E-state index is 0.132. The number of anilines is 2. The first-order valence-corrected chi connectivity index (χ1v) is 7.54. The van der Waals surface area contributed by atoms with E-state index in [0.29, 0.717) is 11.4 Å². The zero-order valence-corrected chi connectivity index (χ0v) is 13.7. The van der Waals surface area contributed by atoms with Crippen molar-refractivity contribution in [1.82, 2.24) is 5.43 Å². The number of hydrogen-bond acceptors (Lipinski definition) is 4. The van der Waals surface area contributed by atoms with Crippen molar-refractivity contribution < 1.29 is 9.59 Å². The van der Waals surface area contributed by atoms with E-state index in [1.165, 1.54) is 6.92 Å². The maximum absolute atomic E-state index is 11.8. The molecule has 0 unspecified atom stereocenters. The maximum atomic E-state index is 11.8. The monoisotopic (exact) mass is 324 g/mol. The van der Waals surface area contributed by atoms with Crippen molar-refractivity contribution in [2.24, 2.45) is 5.10 Å². The molecule has 0 heterocycles. The Hall–Kier alpha value is -3.15. The lowest BCUT2D eigenvalue weighted by Crippen LogP contribution is -2.26. The van der Waals surface area contributed by atoms with Crippen molar-refractivity contribution in [3.8, 4) is 0 Å². The third-order valence-corrected chi connectivity index (χ3v) is 3.18. The van der Waals surface area contributed by atoms with Gasteiger partial charge in [-0.3, -0.25) is 9.59 Å². The fraction of sp³-hybridized carbons (Fsp3) is 0.167. The van der Waals surface area contributed by atoms with Gasteiger partial charge in [-0.05, 0) is 36.8 Å². The maximum Gasteiger partial charge on any atom is 0.259 e. The molecular formula is C18H20N4O2. The molecule has 0 fully saturated rings. The molecule has 124 valence electrons. The van der Waals surface area contributed by atoms with Crippen molar-refractivity contribution in [3.05, 3.63) is 60.2 Å². The smallest absolute Gasteiger partial charge is 0.259 e. The van der Waals surface area contributed by atoms with Gasteiger partial charge in [-0.15, -0.1) is 0 Å². The number of benzene rings is 2. The number of carbonyl (C=O) groups excluding carboxylic acids is 2. The van der Waals surface area contributed by atoms with Crippen LogP contribution in [0, 0.1) is 0 Å². The lowest BCUT2D eigenvalue weighted by atomic mass is 10.1. The number of nitrogens with one attached hydrogen (secondary N) is 3. The first-order valence-electron chi connectivity index (χ1n) is 7.54. The van der Waals surface area contributed by atoms with E-state index in [9.17, 15) is 9.59 Å². The Morgan fingerprint density at radius 3 is 2.38 bits per heavy atom. The van der Waals surface area contributed by atoms with Crippen molar-refractivity contribution in [3.63, 3.8) is 0 Å². The van der Waals surface area contributed by atoms with Gasteiger partial charge in [0.25, 0.3) is 5.91 Å². The predicted octanol–water partition coefficient (Wildman–Crippen LogP) is 2.60. The number of para-hydroxylation sites is 1. The summed E-state index contributed by atoms with van der Waals surface area (Å²) < 4.78 is 0. The molecule has 0 aromatic heterocycles. The molecule has 0 saturated heterocycles. The molecule has 2 aromatic rings. The van der Waals surface area contributed by atoms with Gasteiger partial charge < -0.3 is 10.6 Å². The van der Waals surface area contributed by atoms with Gasteiger partial charge in [0, 0.05) is 18.3 Å². The lowest BCUT2D eigenvalue weighted by molar-refractivity contribution is -0.119. The summed E-state index contributed by atoms with van der Waals surface area (Å²) in [4.78, 5) is 22.9. The Morgan fingerprint density at radius 2 is 1.67 bits per heavy atom. The second-order valence-electron chi connectivity index (χ2n) is 5.21. The molecule has 2 amide bonds. The van der Waals surface area contributed by atoms with Crippen LogP contribution in [-0.2, 0) is 9.59 Å². The highest BCUT2D eigenvalue weighted by Gasteiger charge is 2.03. The van der Waals surface area contributed by atoms with Crippen LogP contribution in [0.1, 0.15) is 19.4 Å². The summed E-state index contributed by atoms with van der Waals surface area (Å²) in [5.74, 6) is -0.377. The minimum atomic E-state index is -0.240. The molecule has 0 spiro atoms. The molecular weight excluding hydrogens is 304 g/mol. The summed E-state index contributed by atoms with van der Waals surface area (Å²) in [6.45, 7) is 3.37. The van der Waals surface area contributed by atoms with Gasteiger partial charge in [0.1, 0.15) is 0 Å². The van der Waals surface area contributed by atoms with Crippen LogP contribution in [-0.4, -0.2) is 24.1 Å². The fourth-order valence-electron chi connectivity index (χ4n) is 2.01. The van der Waals surface area contributed by atoms with Gasteiger partial charge >= 0.3 is 0 Å². The average molecular weight is 324 g/mol. The van der Waals surface area contributed by atoms with Gasteiger partial charge in [0.2, 0.25) is 5.91 Å². The van der Waals surface area contributed by atoms with E-state index in [1.807, 2.05) is 42.5 Å². The van der Waals surface area contributed by atoms with E-state index in [1.54, 1.807) is 19.1 Å². The third kappa shape index (κ3) is 5.57. The van der Waals surface area contributed by atoms with Crippen molar-refractivity contribution in [2.75, 3.05) is 17.2 Å². The highest BCUT2D eigenvalue weighted by molar-refractivity contribution is 6.01. The second kappa shape index (κ2) is 8.47. The molecule has 0 radical (unpaired) electrons. The summed E-state index contributed by atoms with van der Waals surface area (Å²) in [5.41, 5.74) is 5.53. The number of nitrogens with zero attached hydrogens (tertiary/aromatic N) is 1. The first kappa shape index (κ1) is 17.2. The number of rotatable bonds is 6. The quantitative estimate of drug-likeness (QED) is 0.564. The molecule has 6 heteroatoms. The SMILES string of the molecule is CC(=O)Nc1cccc(/C(C)=N\NC(=O)CNc2ccccc2)c1. The molecule has 2 rings (SSSR count). The average Bonchev–Trinajstić information content (AvgIpc) is 2.58. The highest BCUT2D eigenvalue weighted by Crippen LogP contribution is 2.11. The van der Waals surface area contributed by atoms with Gasteiger partial charge in [-0.1, -0.05) is 30.3 Å². The zero-order valence-electron chi connectivity index (χ0n) is 13.7. The molecule has 0 aliphatic carbocycles. The molecule has 0 aliphatic heterocycles. The van der Waals surface area contributed by atoms with Gasteiger partial charge in [0.05, 0.1) is 12.3 Å². The normalized spacial score (nSPS) is 10.8. The van der Waals surface area contributed by atoms with E-state index in [-0.39, 0.29) is 18.4 Å². The molecule has 0 bridgehead atoms. The Kier molecular flexibility index (Phi) is 6.08. The first-order chi connectivity index (χ1) is 11.5. The lowest BCUT2D eigenvalue weighted by Gasteiger charge is -2.07. The summed E-state index contributed by atoms with van der Waals surface area (Å²) in [7, 11) is 0. The molecule has 0 aliphatic rings. The number of hydrogen-bond donors (Lipinski definition) is 3. The van der Waals surface area contributed by atoms with E-state index in [4.69, 9.17) is 0 Å². The van der Waals surface area contributed by atoms with Crippen molar-refractivity contribution in [2.45, 2.75) is 13.8 Å². The van der Waals surface area contributed by atoms with E-state index >= 15 is 0 Å². The number of amides is 2. The molecule has 2 aromatic carbocycles. The molecule has 0 atom stereocenters. The Morgan fingerprint density at radius 1 is 0.958 bits per heavy atom. The second-order valence-corrected chi connectivity index (χ2v) is 5.21. The van der Waals surface area contributed by atoms with Crippen LogP contribution in [0.4, 0.5) is 11.4 Å². The molecule has 24 heavy (non-hydrogen) atoms. The minimum Gasteiger partial charge on any atom is -0.376 e. The van der Waals surface area contributed by atoms with Crippen LogP contribution < -0.4 is 16.1 Å². The van der Waals surface area contributed by atoms with Crippen molar-refractivity contribution in [1.29, 1.82) is 0 Å². The third-order valence-electron chi connectivity index (χ3n) is 3.18. The van der Waals surface area contributed by atoms with Crippen LogP contribution in [0.25, 0.3) is 0 Å². The van der Waals surface area contributed by atoms with Crippen molar-refractivity contribution >= 4 is 28.9 Å². The molecule has 3 N–H and O–H groups in total. The Balaban J connectivity index is 1.91. The van der Waals surface area contributed by atoms with E-state index in [0.717, 1.165) is 11.3 Å². The molecule has 0 saturated carbocycles. The molecule has 6 nitrogen and oxygen atoms in total. The van der Waals surface area contributed by atoms with Crippen LogP contribution >= 0.6 is 0 Å². The van der Waals surface area contributed by atoms with E-state index < -0.39 is 0 Å². The Labute approximate surface area is 141 Å². The van der Waals surface area contributed by atoms with Crippen LogP contribution in [0.15, 0.2) is 59.7 Å². The summed E-state index contributed by atoms with van der Waals surface area (Å²) >= 11 is 0. The fourth-order valence-corrected chi connectivity index (χ4v) is 2.01. The topological polar surface area (TPSA) is 82.6 Å². The van der Waals surface area contributed by atoms with Gasteiger partial charge in [-0.2, -0.15) is 5.10 Å². The predicted molar refractivity (Wildman–Crippen MR) is 96.0 cm³/mol. The summed E-state index contributed by atoms with van der Waals surface area (Å²) in [6.07, 6.45) is 0. The number of hydrazone groups is 1. The summed E-state index contributed by atoms with van der Waals surface area (Å²) in [6, 6.07) is 16.7. The Bertz CT molecular complexity index is 742. The highest BCUT2D eigenvalue weighted by atomic mass is 16.2. The number of carbonyl (C=O) groups is 2.